The Kier molecular flexibility index (Phi) is 2.99. The number of ether oxygens (including phenoxy) is 1. The molecule has 0 spiro atoms. The van der Waals surface area contributed by atoms with Gasteiger partial charge >= 0.3 is 6.09 Å². The second kappa shape index (κ2) is 4.43. The van der Waals surface area contributed by atoms with Gasteiger partial charge in [-0.15, -0.1) is 0 Å². The van der Waals surface area contributed by atoms with Crippen molar-refractivity contribution < 1.29 is 9.53 Å². The van der Waals surface area contributed by atoms with E-state index in [0.29, 0.717) is 13.1 Å². The van der Waals surface area contributed by atoms with Crippen LogP contribution in [0, 0.1) is 0 Å². The minimum Gasteiger partial charge on any atom is -0.444 e. The first-order valence-corrected chi connectivity index (χ1v) is 5.49. The van der Waals surface area contributed by atoms with Gasteiger partial charge in [0.1, 0.15) is 6.10 Å². The number of nitrogens with zero attached hydrogens (tertiary/aromatic N) is 1. The smallest absolute Gasteiger partial charge is 0.410 e. The number of hydrogen-bond donors (Lipinski definition) is 1. The van der Waals surface area contributed by atoms with Crippen LogP contribution in [0.25, 0.3) is 0 Å². The predicted octanol–water partition coefficient (Wildman–Crippen LogP) is 2.00. The van der Waals surface area contributed by atoms with E-state index >= 15 is 0 Å². The Bertz CT molecular complexity index is 392. The molecule has 0 saturated carbocycles. The van der Waals surface area contributed by atoms with Crippen LogP contribution in [-0.4, -0.2) is 23.6 Å². The number of anilines is 1. The van der Waals surface area contributed by atoms with Crippen molar-refractivity contribution in [3.05, 3.63) is 29.8 Å². The molecule has 0 aromatic heterocycles. The number of carbonyl (C=O) groups excluding carboxylic acids is 1. The maximum Gasteiger partial charge on any atom is 0.410 e. The van der Waals surface area contributed by atoms with E-state index in [9.17, 15) is 4.79 Å². The minimum atomic E-state index is -0.241. The van der Waals surface area contributed by atoms with Crippen molar-refractivity contribution in [2.75, 3.05) is 12.3 Å². The zero-order valence-corrected chi connectivity index (χ0v) is 9.35. The molecule has 1 heterocycles. The van der Waals surface area contributed by atoms with E-state index in [4.69, 9.17) is 10.5 Å². The van der Waals surface area contributed by atoms with E-state index in [0.717, 1.165) is 17.7 Å². The summed E-state index contributed by atoms with van der Waals surface area (Å²) in [5.74, 6) is 0. The Balaban J connectivity index is 2.06. The van der Waals surface area contributed by atoms with Crippen LogP contribution in [0.15, 0.2) is 24.3 Å². The van der Waals surface area contributed by atoms with Gasteiger partial charge in [0, 0.05) is 5.69 Å². The highest BCUT2D eigenvalue weighted by molar-refractivity contribution is 5.70. The van der Waals surface area contributed by atoms with Crippen molar-refractivity contribution in [1.29, 1.82) is 0 Å². The number of benzene rings is 1. The van der Waals surface area contributed by atoms with Gasteiger partial charge in [-0.05, 0) is 18.1 Å². The molecular formula is C12H16N2O2. The molecule has 1 aromatic rings. The largest absolute Gasteiger partial charge is 0.444 e. The molecule has 16 heavy (non-hydrogen) atoms. The lowest BCUT2D eigenvalue weighted by Gasteiger charge is -2.14. The first kappa shape index (κ1) is 10.8. The third-order valence-electron chi connectivity index (χ3n) is 2.82. The van der Waals surface area contributed by atoms with Crippen molar-refractivity contribution in [3.63, 3.8) is 0 Å². The second-order valence-corrected chi connectivity index (χ2v) is 3.99. The van der Waals surface area contributed by atoms with Gasteiger partial charge in [-0.3, -0.25) is 0 Å². The maximum atomic E-state index is 11.5. The number of nitrogens with two attached hydrogens (primary N) is 1. The molecule has 1 amide bonds. The Hall–Kier alpha value is -1.71. The van der Waals surface area contributed by atoms with E-state index in [1.165, 1.54) is 0 Å². The van der Waals surface area contributed by atoms with Crippen LogP contribution in [0.1, 0.15) is 18.9 Å². The fourth-order valence-electron chi connectivity index (χ4n) is 1.80. The summed E-state index contributed by atoms with van der Waals surface area (Å²) in [5.41, 5.74) is 7.52. The monoisotopic (exact) mass is 220 g/mol. The lowest BCUT2D eigenvalue weighted by atomic mass is 10.1. The predicted molar refractivity (Wildman–Crippen MR) is 61.8 cm³/mol. The van der Waals surface area contributed by atoms with Crippen LogP contribution < -0.4 is 5.73 Å². The van der Waals surface area contributed by atoms with E-state index in [1.807, 2.05) is 31.2 Å². The zero-order chi connectivity index (χ0) is 11.5. The molecule has 1 aromatic carbocycles. The molecule has 0 bridgehead atoms. The highest BCUT2D eigenvalue weighted by Gasteiger charge is 2.29. The Morgan fingerprint density at radius 3 is 2.88 bits per heavy atom. The minimum absolute atomic E-state index is 0.0254. The number of nitrogen functional groups attached to an aromatic ring is 1. The zero-order valence-electron chi connectivity index (χ0n) is 9.35. The first-order chi connectivity index (χ1) is 7.70. The third-order valence-corrected chi connectivity index (χ3v) is 2.82. The van der Waals surface area contributed by atoms with Gasteiger partial charge in [0.2, 0.25) is 0 Å². The van der Waals surface area contributed by atoms with Crippen LogP contribution >= 0.6 is 0 Å². The molecule has 1 fully saturated rings. The fraction of sp³-hybridized carbons (Fsp3) is 0.417. The summed E-state index contributed by atoms with van der Waals surface area (Å²) in [5, 5.41) is 0. The van der Waals surface area contributed by atoms with Crippen LogP contribution in [0.5, 0.6) is 0 Å². The number of cyclic esters (lactones) is 1. The van der Waals surface area contributed by atoms with Crippen molar-refractivity contribution in [1.82, 2.24) is 4.90 Å². The summed E-state index contributed by atoms with van der Waals surface area (Å²) in [7, 11) is 0. The number of para-hydroxylation sites is 1. The van der Waals surface area contributed by atoms with Crippen molar-refractivity contribution >= 4 is 11.8 Å². The molecule has 4 heteroatoms. The molecular weight excluding hydrogens is 204 g/mol. The summed E-state index contributed by atoms with van der Waals surface area (Å²) in [6.45, 7) is 3.20. The number of carbonyl (C=O) groups is 1. The van der Waals surface area contributed by atoms with Gasteiger partial charge < -0.3 is 15.4 Å². The second-order valence-electron chi connectivity index (χ2n) is 3.99. The molecule has 0 aliphatic carbocycles. The number of hydrogen-bond acceptors (Lipinski definition) is 3. The highest BCUT2D eigenvalue weighted by atomic mass is 16.6. The normalized spacial score (nSPS) is 19.9. The van der Waals surface area contributed by atoms with E-state index in [-0.39, 0.29) is 12.2 Å². The molecule has 2 N–H and O–H groups in total. The lowest BCUT2D eigenvalue weighted by molar-refractivity contribution is 0.130. The topological polar surface area (TPSA) is 55.6 Å². The molecule has 1 unspecified atom stereocenters. The summed E-state index contributed by atoms with van der Waals surface area (Å²) >= 11 is 0. The average Bonchev–Trinajstić information content (AvgIpc) is 2.63. The molecule has 2 rings (SSSR count). The van der Waals surface area contributed by atoms with E-state index in [1.54, 1.807) is 4.90 Å². The van der Waals surface area contributed by atoms with Gasteiger partial charge in [-0.25, -0.2) is 4.79 Å². The maximum absolute atomic E-state index is 11.5. The van der Waals surface area contributed by atoms with Crippen LogP contribution in [0.3, 0.4) is 0 Å². The molecule has 86 valence electrons. The summed E-state index contributed by atoms with van der Waals surface area (Å²) in [4.78, 5) is 13.2. The molecule has 1 aliphatic heterocycles. The van der Waals surface area contributed by atoms with Gasteiger partial charge in [-0.1, -0.05) is 25.1 Å². The SMILES string of the molecule is CCC1CN(Cc2ccccc2N)C(=O)O1. The third kappa shape index (κ3) is 2.10. The van der Waals surface area contributed by atoms with E-state index < -0.39 is 0 Å². The van der Waals surface area contributed by atoms with Gasteiger partial charge in [0.05, 0.1) is 13.1 Å². The standard InChI is InChI=1S/C12H16N2O2/c1-2-10-8-14(12(15)16-10)7-9-5-3-4-6-11(9)13/h3-6,10H,2,7-8,13H2,1H3. The van der Waals surface area contributed by atoms with Crippen LogP contribution in [-0.2, 0) is 11.3 Å². The summed E-state index contributed by atoms with van der Waals surface area (Å²) in [6.07, 6.45) is 0.638. The average molecular weight is 220 g/mol. The van der Waals surface area contributed by atoms with Gasteiger partial charge in [0.25, 0.3) is 0 Å². The molecule has 1 atom stereocenters. The molecule has 1 saturated heterocycles. The Labute approximate surface area is 95.0 Å². The lowest BCUT2D eigenvalue weighted by Crippen LogP contribution is -2.24. The molecule has 4 nitrogen and oxygen atoms in total. The first-order valence-electron chi connectivity index (χ1n) is 5.49. The van der Waals surface area contributed by atoms with Gasteiger partial charge in [-0.2, -0.15) is 0 Å². The van der Waals surface area contributed by atoms with Crippen molar-refractivity contribution in [3.8, 4) is 0 Å². The summed E-state index contributed by atoms with van der Waals surface area (Å²) < 4.78 is 5.18. The van der Waals surface area contributed by atoms with Crippen molar-refractivity contribution in [2.24, 2.45) is 0 Å². The van der Waals surface area contributed by atoms with Gasteiger partial charge in [0.15, 0.2) is 0 Å². The number of amides is 1. The Morgan fingerprint density at radius 2 is 2.25 bits per heavy atom. The van der Waals surface area contributed by atoms with Crippen LogP contribution in [0.2, 0.25) is 0 Å². The van der Waals surface area contributed by atoms with Crippen LogP contribution in [0.4, 0.5) is 10.5 Å². The Morgan fingerprint density at radius 1 is 1.50 bits per heavy atom. The van der Waals surface area contributed by atoms with E-state index in [2.05, 4.69) is 0 Å². The molecule has 0 radical (unpaired) electrons. The fourth-order valence-corrected chi connectivity index (χ4v) is 1.80. The molecule has 1 aliphatic rings. The number of rotatable bonds is 3. The highest BCUT2D eigenvalue weighted by Crippen LogP contribution is 2.19. The summed E-state index contributed by atoms with van der Waals surface area (Å²) in [6, 6.07) is 7.58. The van der Waals surface area contributed by atoms with Crippen molar-refractivity contribution in [2.45, 2.75) is 26.0 Å². The quantitative estimate of drug-likeness (QED) is 0.793.